The van der Waals surface area contributed by atoms with Crippen LogP contribution in [0.25, 0.3) is 10.8 Å². The second kappa shape index (κ2) is 8.10. The van der Waals surface area contributed by atoms with Crippen molar-refractivity contribution in [3.05, 3.63) is 68.6 Å². The molecule has 0 atom stereocenters. The lowest BCUT2D eigenvalue weighted by atomic mass is 10.00. The van der Waals surface area contributed by atoms with Crippen molar-refractivity contribution < 1.29 is 19.4 Å². The van der Waals surface area contributed by atoms with Crippen LogP contribution in [0.1, 0.15) is 11.1 Å². The van der Waals surface area contributed by atoms with E-state index in [1.165, 1.54) is 5.56 Å². The van der Waals surface area contributed by atoms with Gasteiger partial charge in [0.2, 0.25) is 0 Å². The summed E-state index contributed by atoms with van der Waals surface area (Å²) in [7, 11) is 1.64. The summed E-state index contributed by atoms with van der Waals surface area (Å²) in [5, 5.41) is 10.7. The van der Waals surface area contributed by atoms with E-state index in [2.05, 4.69) is 50.1 Å². The number of methoxy groups -OCH3 is 1. The van der Waals surface area contributed by atoms with Crippen LogP contribution < -0.4 is 9.47 Å². The van der Waals surface area contributed by atoms with Crippen LogP contribution in [0.2, 0.25) is 0 Å². The van der Waals surface area contributed by atoms with E-state index < -0.39 is 12.6 Å². The van der Waals surface area contributed by atoms with E-state index in [9.17, 15) is 4.79 Å². The molecule has 3 rings (SSSR count). The van der Waals surface area contributed by atoms with Crippen LogP contribution >= 0.6 is 31.9 Å². The number of carboxylic acids is 1. The number of aliphatic carboxylic acids is 1. The van der Waals surface area contributed by atoms with Crippen molar-refractivity contribution in [3.8, 4) is 11.5 Å². The van der Waals surface area contributed by atoms with E-state index in [0.717, 1.165) is 28.5 Å². The monoisotopic (exact) mass is 478 g/mol. The third kappa shape index (κ3) is 4.02. The lowest BCUT2D eigenvalue weighted by Crippen LogP contribution is -2.10. The van der Waals surface area contributed by atoms with Crippen LogP contribution in [-0.2, 0) is 11.2 Å². The van der Waals surface area contributed by atoms with E-state index >= 15 is 0 Å². The number of carboxylic acid groups (broad SMARTS) is 1. The van der Waals surface area contributed by atoms with Gasteiger partial charge in [0.15, 0.2) is 6.61 Å². The number of halogens is 2. The topological polar surface area (TPSA) is 55.8 Å². The van der Waals surface area contributed by atoms with Crippen LogP contribution in [0, 0.1) is 0 Å². The minimum absolute atomic E-state index is 0.411. The smallest absolute Gasteiger partial charge is 0.341 e. The molecule has 0 saturated carbocycles. The molecule has 26 heavy (non-hydrogen) atoms. The lowest BCUT2D eigenvalue weighted by Gasteiger charge is -2.15. The van der Waals surface area contributed by atoms with E-state index in [-0.39, 0.29) is 0 Å². The number of ether oxygens (including phenoxy) is 2. The number of hydrogen-bond acceptors (Lipinski definition) is 3. The normalized spacial score (nSPS) is 10.7. The zero-order valence-electron chi connectivity index (χ0n) is 14.0. The highest BCUT2D eigenvalue weighted by Gasteiger charge is 2.16. The largest absolute Gasteiger partial charge is 0.496 e. The van der Waals surface area contributed by atoms with Gasteiger partial charge in [0, 0.05) is 11.8 Å². The molecule has 3 aromatic rings. The number of rotatable bonds is 6. The molecule has 0 aliphatic carbocycles. The Morgan fingerprint density at radius 2 is 1.85 bits per heavy atom. The third-order valence-corrected chi connectivity index (χ3v) is 5.34. The molecule has 0 saturated heterocycles. The fourth-order valence-electron chi connectivity index (χ4n) is 2.79. The summed E-state index contributed by atoms with van der Waals surface area (Å²) in [5.74, 6) is 0.200. The molecular formula is C20H16Br2O4. The van der Waals surface area contributed by atoms with Crippen molar-refractivity contribution >= 4 is 48.6 Å². The van der Waals surface area contributed by atoms with Gasteiger partial charge in [-0.05, 0) is 66.6 Å². The zero-order chi connectivity index (χ0) is 18.7. The fraction of sp³-hybridized carbons (Fsp3) is 0.150. The molecule has 6 heteroatoms. The highest BCUT2D eigenvalue weighted by atomic mass is 79.9. The molecule has 0 unspecified atom stereocenters. The summed E-state index contributed by atoms with van der Waals surface area (Å²) in [6.45, 7) is -0.411. The van der Waals surface area contributed by atoms with Gasteiger partial charge in [0.25, 0.3) is 0 Å². The van der Waals surface area contributed by atoms with E-state index in [1.54, 1.807) is 7.11 Å². The van der Waals surface area contributed by atoms with Crippen molar-refractivity contribution in [1.82, 2.24) is 0 Å². The van der Waals surface area contributed by atoms with Gasteiger partial charge in [-0.2, -0.15) is 0 Å². The third-order valence-electron chi connectivity index (χ3n) is 3.96. The summed E-state index contributed by atoms with van der Waals surface area (Å²) in [6, 6.07) is 16.1. The maximum atomic E-state index is 10.8. The SMILES string of the molecule is COc1cc2c(Br)c(OCC(=O)O)c(Br)cc2cc1Cc1ccccc1. The van der Waals surface area contributed by atoms with E-state index in [1.807, 2.05) is 30.3 Å². The van der Waals surface area contributed by atoms with Crippen LogP contribution in [0.5, 0.6) is 11.5 Å². The molecule has 0 spiro atoms. The Labute approximate surface area is 168 Å². The lowest BCUT2D eigenvalue weighted by molar-refractivity contribution is -0.139. The first kappa shape index (κ1) is 18.7. The van der Waals surface area contributed by atoms with Crippen molar-refractivity contribution in [2.45, 2.75) is 6.42 Å². The minimum Gasteiger partial charge on any atom is -0.496 e. The van der Waals surface area contributed by atoms with Crippen LogP contribution in [0.15, 0.2) is 57.5 Å². The van der Waals surface area contributed by atoms with Crippen molar-refractivity contribution in [2.24, 2.45) is 0 Å². The Hall–Kier alpha value is -2.05. The minimum atomic E-state index is -1.03. The van der Waals surface area contributed by atoms with Gasteiger partial charge in [0.1, 0.15) is 11.5 Å². The van der Waals surface area contributed by atoms with E-state index in [4.69, 9.17) is 14.6 Å². The van der Waals surface area contributed by atoms with Crippen LogP contribution in [-0.4, -0.2) is 24.8 Å². The Kier molecular flexibility index (Phi) is 5.84. The number of benzene rings is 3. The standard InChI is InChI=1S/C20H16Br2O4/c1-25-17-10-15-13(8-14(17)7-12-5-3-2-4-6-12)9-16(21)20(19(15)22)26-11-18(23)24/h2-6,8-10H,7,11H2,1H3,(H,23,24). The van der Waals surface area contributed by atoms with E-state index in [0.29, 0.717) is 14.7 Å². The summed E-state index contributed by atoms with van der Waals surface area (Å²) in [4.78, 5) is 10.8. The van der Waals surface area contributed by atoms with Gasteiger partial charge in [-0.25, -0.2) is 4.79 Å². The van der Waals surface area contributed by atoms with Gasteiger partial charge in [-0.3, -0.25) is 0 Å². The Morgan fingerprint density at radius 3 is 2.50 bits per heavy atom. The summed E-state index contributed by atoms with van der Waals surface area (Å²) in [6.07, 6.45) is 0.756. The number of hydrogen-bond donors (Lipinski definition) is 1. The first-order valence-electron chi connectivity index (χ1n) is 7.86. The van der Waals surface area contributed by atoms with Crippen molar-refractivity contribution in [3.63, 3.8) is 0 Å². The molecule has 0 heterocycles. The Balaban J connectivity index is 2.07. The molecular weight excluding hydrogens is 464 g/mol. The molecule has 3 aromatic carbocycles. The second-order valence-electron chi connectivity index (χ2n) is 5.73. The van der Waals surface area contributed by atoms with Gasteiger partial charge in [0.05, 0.1) is 16.1 Å². The molecule has 4 nitrogen and oxygen atoms in total. The first-order chi connectivity index (χ1) is 12.5. The van der Waals surface area contributed by atoms with Crippen molar-refractivity contribution in [1.29, 1.82) is 0 Å². The number of carbonyl (C=O) groups is 1. The molecule has 0 fully saturated rings. The predicted octanol–water partition coefficient (Wildman–Crippen LogP) is 5.43. The van der Waals surface area contributed by atoms with Gasteiger partial charge in [-0.1, -0.05) is 30.3 Å². The quantitative estimate of drug-likeness (QED) is 0.512. The van der Waals surface area contributed by atoms with Gasteiger partial charge < -0.3 is 14.6 Å². The Bertz CT molecular complexity index is 955. The predicted molar refractivity (Wildman–Crippen MR) is 108 cm³/mol. The summed E-state index contributed by atoms with van der Waals surface area (Å²) < 4.78 is 12.4. The van der Waals surface area contributed by atoms with Crippen molar-refractivity contribution in [2.75, 3.05) is 13.7 Å². The van der Waals surface area contributed by atoms with Gasteiger partial charge >= 0.3 is 5.97 Å². The molecule has 0 aliphatic heterocycles. The fourth-order valence-corrected chi connectivity index (χ4v) is 4.29. The molecule has 0 radical (unpaired) electrons. The number of fused-ring (bicyclic) bond motifs is 1. The average molecular weight is 480 g/mol. The Morgan fingerprint density at radius 1 is 1.12 bits per heavy atom. The molecule has 0 bridgehead atoms. The van der Waals surface area contributed by atoms with Gasteiger partial charge in [-0.15, -0.1) is 0 Å². The molecule has 0 aliphatic rings. The zero-order valence-corrected chi connectivity index (χ0v) is 17.1. The molecule has 1 N–H and O–H groups in total. The summed E-state index contributed by atoms with van der Waals surface area (Å²) in [5.41, 5.74) is 2.27. The summed E-state index contributed by atoms with van der Waals surface area (Å²) >= 11 is 7.00. The highest BCUT2D eigenvalue weighted by molar-refractivity contribution is 9.11. The maximum absolute atomic E-state index is 10.8. The van der Waals surface area contributed by atoms with Crippen LogP contribution in [0.4, 0.5) is 0 Å². The molecule has 0 amide bonds. The maximum Gasteiger partial charge on any atom is 0.341 e. The first-order valence-corrected chi connectivity index (χ1v) is 9.45. The van der Waals surface area contributed by atoms with Crippen LogP contribution in [0.3, 0.4) is 0 Å². The molecule has 0 aromatic heterocycles. The second-order valence-corrected chi connectivity index (χ2v) is 7.38. The molecule has 134 valence electrons. The average Bonchev–Trinajstić information content (AvgIpc) is 2.62. The highest BCUT2D eigenvalue weighted by Crippen LogP contribution is 2.42.